The van der Waals surface area contributed by atoms with Crippen molar-refractivity contribution >= 4 is 15.7 Å². The Kier molecular flexibility index (Phi) is 6.77. The van der Waals surface area contributed by atoms with Gasteiger partial charge in [-0.2, -0.15) is 0 Å². The highest BCUT2D eigenvalue weighted by Gasteiger charge is 2.34. The van der Waals surface area contributed by atoms with Gasteiger partial charge in [0.15, 0.2) is 16.4 Å². The first kappa shape index (κ1) is 21.6. The predicted octanol–water partition coefficient (Wildman–Crippen LogP) is 1.98. The lowest BCUT2D eigenvalue weighted by Crippen LogP contribution is -2.53. The van der Waals surface area contributed by atoms with Crippen LogP contribution in [0.15, 0.2) is 54.6 Å². The number of hydrogen-bond donors (Lipinski definition) is 0. The van der Waals surface area contributed by atoms with Gasteiger partial charge in [0.1, 0.15) is 18.1 Å². The van der Waals surface area contributed by atoms with E-state index in [4.69, 9.17) is 9.47 Å². The second-order valence-corrected chi connectivity index (χ2v) is 10.2. The van der Waals surface area contributed by atoms with E-state index >= 15 is 0 Å². The smallest absolute Gasteiger partial charge is 0.260 e. The molecule has 0 bridgehead atoms. The fourth-order valence-corrected chi connectivity index (χ4v) is 5.77. The second-order valence-electron chi connectivity index (χ2n) is 8.01. The normalized spacial score (nSPS) is 21.0. The van der Waals surface area contributed by atoms with Crippen molar-refractivity contribution in [3.05, 3.63) is 60.2 Å². The van der Waals surface area contributed by atoms with Crippen molar-refractivity contribution in [1.29, 1.82) is 0 Å². The molecule has 31 heavy (non-hydrogen) atoms. The first-order valence-electron chi connectivity index (χ1n) is 10.6. The van der Waals surface area contributed by atoms with Gasteiger partial charge in [0.2, 0.25) is 0 Å². The second kappa shape index (κ2) is 9.70. The molecule has 166 valence electrons. The minimum atomic E-state index is -2.89. The Hall–Kier alpha value is -2.58. The zero-order chi connectivity index (χ0) is 21.7. The average molecular weight is 445 g/mol. The van der Waals surface area contributed by atoms with Crippen LogP contribution in [-0.4, -0.2) is 74.5 Å². The molecule has 2 aliphatic heterocycles. The van der Waals surface area contributed by atoms with E-state index in [2.05, 4.69) is 4.90 Å². The number of ether oxygens (including phenoxy) is 2. The summed E-state index contributed by atoms with van der Waals surface area (Å²) in [6.45, 7) is 3.11. The number of piperazine rings is 1. The van der Waals surface area contributed by atoms with E-state index in [1.165, 1.54) is 0 Å². The maximum atomic E-state index is 12.5. The molecule has 2 heterocycles. The van der Waals surface area contributed by atoms with Crippen LogP contribution in [0, 0.1) is 0 Å². The number of amides is 1. The van der Waals surface area contributed by atoms with E-state index in [0.717, 1.165) is 11.3 Å². The van der Waals surface area contributed by atoms with Gasteiger partial charge in [-0.3, -0.25) is 9.69 Å². The Bertz CT molecular complexity index is 971. The van der Waals surface area contributed by atoms with E-state index in [9.17, 15) is 13.2 Å². The number of nitrogens with zero attached hydrogens (tertiary/aromatic N) is 2. The van der Waals surface area contributed by atoms with Crippen LogP contribution in [0.5, 0.6) is 11.5 Å². The summed E-state index contributed by atoms with van der Waals surface area (Å²) >= 11 is 0. The van der Waals surface area contributed by atoms with Gasteiger partial charge in [0.25, 0.3) is 5.91 Å². The molecule has 0 aliphatic carbocycles. The molecule has 4 rings (SSSR count). The van der Waals surface area contributed by atoms with Gasteiger partial charge in [-0.25, -0.2) is 8.42 Å². The zero-order valence-corrected chi connectivity index (χ0v) is 18.3. The minimum absolute atomic E-state index is 0.0119. The van der Waals surface area contributed by atoms with Gasteiger partial charge in [-0.15, -0.1) is 0 Å². The number of hydrogen-bond acceptors (Lipinski definition) is 6. The molecular formula is C23H28N2O5S. The summed E-state index contributed by atoms with van der Waals surface area (Å²) < 4.78 is 34.8. The molecule has 2 aromatic carbocycles. The topological polar surface area (TPSA) is 76.2 Å². The van der Waals surface area contributed by atoms with Crippen LogP contribution >= 0.6 is 0 Å². The molecule has 0 aromatic heterocycles. The number of carbonyl (C=O) groups excluding carboxylic acids is 1. The number of benzene rings is 2. The van der Waals surface area contributed by atoms with Crippen molar-refractivity contribution < 1.29 is 22.7 Å². The predicted molar refractivity (Wildman–Crippen MR) is 118 cm³/mol. The van der Waals surface area contributed by atoms with E-state index in [-0.39, 0.29) is 30.1 Å². The molecule has 8 heteroatoms. The monoisotopic (exact) mass is 444 g/mol. The van der Waals surface area contributed by atoms with Crippen molar-refractivity contribution in [2.45, 2.75) is 19.1 Å². The molecule has 2 fully saturated rings. The third-order valence-electron chi connectivity index (χ3n) is 5.83. The van der Waals surface area contributed by atoms with Crippen LogP contribution in [0.2, 0.25) is 0 Å². The summed E-state index contributed by atoms with van der Waals surface area (Å²) in [6.07, 6.45) is 0.699. The van der Waals surface area contributed by atoms with E-state index in [0.29, 0.717) is 45.0 Å². The summed E-state index contributed by atoms with van der Waals surface area (Å²) in [6, 6.07) is 17.3. The zero-order valence-electron chi connectivity index (χ0n) is 17.5. The third-order valence-corrected chi connectivity index (χ3v) is 7.58. The third kappa shape index (κ3) is 5.98. The summed E-state index contributed by atoms with van der Waals surface area (Å²) in [5.41, 5.74) is 1.10. The van der Waals surface area contributed by atoms with Crippen LogP contribution in [0.1, 0.15) is 12.0 Å². The highest BCUT2D eigenvalue weighted by atomic mass is 32.2. The minimum Gasteiger partial charge on any atom is -0.489 e. The van der Waals surface area contributed by atoms with Crippen molar-refractivity contribution in [2.24, 2.45) is 0 Å². The van der Waals surface area contributed by atoms with Crippen LogP contribution in [-0.2, 0) is 21.2 Å². The van der Waals surface area contributed by atoms with Crippen LogP contribution in [0.25, 0.3) is 0 Å². The Balaban J connectivity index is 1.18. The van der Waals surface area contributed by atoms with E-state index in [1.54, 1.807) is 17.0 Å². The molecule has 0 saturated carbocycles. The summed E-state index contributed by atoms with van der Waals surface area (Å²) in [4.78, 5) is 16.5. The fourth-order valence-electron chi connectivity index (χ4n) is 4.01. The molecule has 2 aliphatic rings. The van der Waals surface area contributed by atoms with Gasteiger partial charge in [0.05, 0.1) is 11.5 Å². The largest absolute Gasteiger partial charge is 0.489 e. The average Bonchev–Trinajstić information content (AvgIpc) is 3.17. The van der Waals surface area contributed by atoms with Gasteiger partial charge in [-0.1, -0.05) is 30.3 Å². The molecule has 2 aromatic rings. The Labute approximate surface area is 183 Å². The Morgan fingerprint density at radius 3 is 2.16 bits per heavy atom. The van der Waals surface area contributed by atoms with Crippen molar-refractivity contribution in [1.82, 2.24) is 9.80 Å². The molecule has 1 amide bonds. The van der Waals surface area contributed by atoms with Crippen molar-refractivity contribution in [3.63, 3.8) is 0 Å². The van der Waals surface area contributed by atoms with Gasteiger partial charge in [0, 0.05) is 32.2 Å². The number of carbonyl (C=O) groups is 1. The van der Waals surface area contributed by atoms with Crippen LogP contribution in [0.4, 0.5) is 0 Å². The SMILES string of the molecule is O=C(COc1ccc(OCc2ccccc2)cc1)N1CCN(C2CCS(=O)(=O)C2)CC1. The lowest BCUT2D eigenvalue weighted by Gasteiger charge is -2.37. The van der Waals surface area contributed by atoms with E-state index < -0.39 is 9.84 Å². The summed E-state index contributed by atoms with van der Waals surface area (Å²) in [7, 11) is -2.89. The summed E-state index contributed by atoms with van der Waals surface area (Å²) in [5.74, 6) is 1.83. The molecule has 0 N–H and O–H groups in total. The lowest BCUT2D eigenvalue weighted by molar-refractivity contribution is -0.135. The van der Waals surface area contributed by atoms with E-state index in [1.807, 2.05) is 42.5 Å². The summed E-state index contributed by atoms with van der Waals surface area (Å²) in [5, 5.41) is 0. The van der Waals surface area contributed by atoms with Crippen LogP contribution < -0.4 is 9.47 Å². The number of rotatable bonds is 7. The maximum absolute atomic E-state index is 12.5. The molecule has 0 spiro atoms. The quantitative estimate of drug-likeness (QED) is 0.650. The molecule has 0 radical (unpaired) electrons. The van der Waals surface area contributed by atoms with Gasteiger partial charge in [-0.05, 0) is 36.2 Å². The highest BCUT2D eigenvalue weighted by molar-refractivity contribution is 7.91. The van der Waals surface area contributed by atoms with Crippen molar-refractivity contribution in [2.75, 3.05) is 44.3 Å². The lowest BCUT2D eigenvalue weighted by atomic mass is 10.2. The van der Waals surface area contributed by atoms with Gasteiger partial charge < -0.3 is 14.4 Å². The van der Waals surface area contributed by atoms with Crippen LogP contribution in [0.3, 0.4) is 0 Å². The Morgan fingerprint density at radius 1 is 0.903 bits per heavy atom. The molecule has 2 saturated heterocycles. The maximum Gasteiger partial charge on any atom is 0.260 e. The number of sulfone groups is 1. The molecular weight excluding hydrogens is 416 g/mol. The van der Waals surface area contributed by atoms with Crippen molar-refractivity contribution in [3.8, 4) is 11.5 Å². The van der Waals surface area contributed by atoms with Gasteiger partial charge >= 0.3 is 0 Å². The fraction of sp³-hybridized carbons (Fsp3) is 0.435. The highest BCUT2D eigenvalue weighted by Crippen LogP contribution is 2.20. The molecule has 1 atom stereocenters. The molecule has 7 nitrogen and oxygen atoms in total. The first-order valence-corrected chi connectivity index (χ1v) is 12.4. The molecule has 1 unspecified atom stereocenters. The Morgan fingerprint density at radius 2 is 1.55 bits per heavy atom. The first-order chi connectivity index (χ1) is 15.0. The standard InChI is InChI=1S/C23H28N2O5S/c26-23(25-13-11-24(12-14-25)20-10-15-31(27,28)18-20)17-30-22-8-6-21(7-9-22)29-16-19-4-2-1-3-5-19/h1-9,20H,10-18H2.